The normalized spacial score (nSPS) is 19.8. The molecule has 0 saturated heterocycles. The molecule has 1 saturated carbocycles. The van der Waals surface area contributed by atoms with Crippen molar-refractivity contribution in [3.05, 3.63) is 23.4 Å². The van der Waals surface area contributed by atoms with Gasteiger partial charge in [-0.1, -0.05) is 19.3 Å². The molecule has 20 heavy (non-hydrogen) atoms. The molecule has 0 bridgehead atoms. The Kier molecular flexibility index (Phi) is 5.34. The maximum Gasteiger partial charge on any atom is 0.128 e. The van der Waals surface area contributed by atoms with Gasteiger partial charge >= 0.3 is 0 Å². The Morgan fingerprint density at radius 2 is 2.05 bits per heavy atom. The third kappa shape index (κ3) is 3.11. The number of pyridine rings is 1. The summed E-state index contributed by atoms with van der Waals surface area (Å²) in [6, 6.07) is 1.85. The topological polar surface area (TPSA) is 86.2 Å². The number of hydrogen-bond donors (Lipinski definition) is 3. The highest BCUT2D eigenvalue weighted by Gasteiger charge is 2.33. The van der Waals surface area contributed by atoms with E-state index in [1.165, 1.54) is 32.1 Å². The van der Waals surface area contributed by atoms with Crippen LogP contribution in [0.4, 0.5) is 5.82 Å². The van der Waals surface area contributed by atoms with Crippen LogP contribution < -0.4 is 17.0 Å². The first-order chi connectivity index (χ1) is 9.69. The molecular formula is C15H26N4O. The second-order valence-electron chi connectivity index (χ2n) is 5.67. The molecule has 2 unspecified atom stereocenters. The smallest absolute Gasteiger partial charge is 0.128 e. The number of hydrogen-bond acceptors (Lipinski definition) is 5. The average Bonchev–Trinajstić information content (AvgIpc) is 2.47. The Morgan fingerprint density at radius 3 is 2.60 bits per heavy atom. The van der Waals surface area contributed by atoms with Gasteiger partial charge in [-0.15, -0.1) is 0 Å². The molecule has 5 heteroatoms. The van der Waals surface area contributed by atoms with E-state index in [0.29, 0.717) is 11.7 Å². The maximum absolute atomic E-state index is 6.06. The Bertz CT molecular complexity index is 412. The number of nitrogen functional groups attached to an aromatic ring is 1. The first-order valence-electron chi connectivity index (χ1n) is 7.39. The predicted octanol–water partition coefficient (Wildman–Crippen LogP) is 2.07. The molecule has 0 radical (unpaired) electrons. The summed E-state index contributed by atoms with van der Waals surface area (Å²) in [4.78, 5) is 4.20. The van der Waals surface area contributed by atoms with E-state index in [4.69, 9.17) is 16.3 Å². The highest BCUT2D eigenvalue weighted by molar-refractivity contribution is 5.46. The molecule has 1 aliphatic carbocycles. The van der Waals surface area contributed by atoms with Crippen LogP contribution in [0.3, 0.4) is 0 Å². The van der Waals surface area contributed by atoms with E-state index in [-0.39, 0.29) is 12.1 Å². The summed E-state index contributed by atoms with van der Waals surface area (Å²) in [5, 5.41) is 0. The first-order valence-corrected chi connectivity index (χ1v) is 7.39. The van der Waals surface area contributed by atoms with Crippen LogP contribution in [0.25, 0.3) is 0 Å². The number of aryl methyl sites for hydroxylation is 1. The zero-order valence-electron chi connectivity index (χ0n) is 12.4. The lowest BCUT2D eigenvalue weighted by atomic mass is 9.80. The number of rotatable bonds is 5. The third-order valence-corrected chi connectivity index (χ3v) is 4.44. The molecule has 112 valence electrons. The van der Waals surface area contributed by atoms with Gasteiger partial charge in [-0.3, -0.25) is 11.3 Å². The SMILES string of the molecule is COC(C1CCCCC1)C(NN)c1c(C)ccnc1N. The van der Waals surface area contributed by atoms with Crippen LogP contribution in [-0.4, -0.2) is 18.2 Å². The molecule has 2 atom stereocenters. The zero-order valence-corrected chi connectivity index (χ0v) is 12.4. The fraction of sp³-hybridized carbons (Fsp3) is 0.667. The van der Waals surface area contributed by atoms with Crippen molar-refractivity contribution in [2.24, 2.45) is 11.8 Å². The second kappa shape index (κ2) is 7.02. The van der Waals surface area contributed by atoms with Gasteiger partial charge in [0.05, 0.1) is 12.1 Å². The van der Waals surface area contributed by atoms with Crippen molar-refractivity contribution in [3.8, 4) is 0 Å². The minimum Gasteiger partial charge on any atom is -0.383 e. The number of aromatic nitrogens is 1. The number of nitrogens with one attached hydrogen (secondary N) is 1. The van der Waals surface area contributed by atoms with Crippen LogP contribution >= 0.6 is 0 Å². The van der Waals surface area contributed by atoms with Crippen molar-refractivity contribution in [2.45, 2.75) is 51.2 Å². The van der Waals surface area contributed by atoms with Crippen LogP contribution in [0.1, 0.15) is 49.3 Å². The van der Waals surface area contributed by atoms with Gasteiger partial charge in [0.2, 0.25) is 0 Å². The molecule has 1 aromatic rings. The fourth-order valence-corrected chi connectivity index (χ4v) is 3.40. The van der Waals surface area contributed by atoms with Crippen molar-refractivity contribution in [1.82, 2.24) is 10.4 Å². The van der Waals surface area contributed by atoms with Crippen molar-refractivity contribution in [3.63, 3.8) is 0 Å². The first kappa shape index (κ1) is 15.2. The average molecular weight is 278 g/mol. The predicted molar refractivity (Wildman–Crippen MR) is 80.8 cm³/mol. The van der Waals surface area contributed by atoms with Crippen LogP contribution in [0.15, 0.2) is 12.3 Å². The monoisotopic (exact) mass is 278 g/mol. The summed E-state index contributed by atoms with van der Waals surface area (Å²) in [5.74, 6) is 6.87. The second-order valence-corrected chi connectivity index (χ2v) is 5.67. The lowest BCUT2D eigenvalue weighted by Crippen LogP contribution is -2.42. The molecule has 0 amide bonds. The molecule has 1 fully saturated rings. The van der Waals surface area contributed by atoms with Gasteiger partial charge in [0.25, 0.3) is 0 Å². The van der Waals surface area contributed by atoms with E-state index >= 15 is 0 Å². The molecule has 2 rings (SSSR count). The van der Waals surface area contributed by atoms with Crippen LogP contribution in [-0.2, 0) is 4.74 Å². The fourth-order valence-electron chi connectivity index (χ4n) is 3.40. The van der Waals surface area contributed by atoms with Crippen LogP contribution in [0.5, 0.6) is 0 Å². The summed E-state index contributed by atoms with van der Waals surface area (Å²) < 4.78 is 5.78. The minimum atomic E-state index is -0.114. The highest BCUT2D eigenvalue weighted by atomic mass is 16.5. The van der Waals surface area contributed by atoms with Gasteiger partial charge in [0.15, 0.2) is 0 Å². The van der Waals surface area contributed by atoms with Gasteiger partial charge < -0.3 is 10.5 Å². The number of ether oxygens (including phenoxy) is 1. The number of methoxy groups -OCH3 is 1. The van der Waals surface area contributed by atoms with E-state index in [1.807, 2.05) is 13.0 Å². The summed E-state index contributed by atoms with van der Waals surface area (Å²) in [7, 11) is 1.76. The summed E-state index contributed by atoms with van der Waals surface area (Å²) in [6.45, 7) is 2.03. The molecule has 0 spiro atoms. The van der Waals surface area contributed by atoms with E-state index in [1.54, 1.807) is 13.3 Å². The summed E-state index contributed by atoms with van der Waals surface area (Å²) in [5.41, 5.74) is 11.0. The standard InChI is InChI=1S/C15H26N4O/c1-10-8-9-18-15(16)12(10)13(19-17)14(20-2)11-6-4-3-5-7-11/h8-9,11,13-14,19H,3-7,17H2,1-2H3,(H2,16,18). The Balaban J connectivity index is 2.29. The van der Waals surface area contributed by atoms with Gasteiger partial charge in [-0.25, -0.2) is 4.98 Å². The van der Waals surface area contributed by atoms with Crippen LogP contribution in [0, 0.1) is 12.8 Å². The molecule has 1 aliphatic rings. The maximum atomic E-state index is 6.06. The summed E-state index contributed by atoms with van der Waals surface area (Å²) >= 11 is 0. The van der Waals surface area contributed by atoms with Gasteiger partial charge in [0.1, 0.15) is 5.82 Å². The molecule has 0 aliphatic heterocycles. The van der Waals surface area contributed by atoms with Crippen molar-refractivity contribution >= 4 is 5.82 Å². The number of nitrogens with two attached hydrogens (primary N) is 2. The van der Waals surface area contributed by atoms with E-state index in [0.717, 1.165) is 11.1 Å². The highest BCUT2D eigenvalue weighted by Crippen LogP contribution is 2.35. The van der Waals surface area contributed by atoms with Gasteiger partial charge in [-0.05, 0) is 37.3 Å². The summed E-state index contributed by atoms with van der Waals surface area (Å²) in [6.07, 6.45) is 8.00. The molecule has 1 heterocycles. The minimum absolute atomic E-state index is 0.0329. The zero-order chi connectivity index (χ0) is 14.5. The Morgan fingerprint density at radius 1 is 1.35 bits per heavy atom. The third-order valence-electron chi connectivity index (χ3n) is 4.44. The quantitative estimate of drug-likeness (QED) is 0.567. The van der Waals surface area contributed by atoms with E-state index in [2.05, 4.69) is 10.4 Å². The lowest BCUT2D eigenvalue weighted by Gasteiger charge is -2.35. The number of hydrazine groups is 1. The molecular weight excluding hydrogens is 252 g/mol. The Labute approximate surface area is 121 Å². The lowest BCUT2D eigenvalue weighted by molar-refractivity contribution is 0.00746. The molecule has 5 nitrogen and oxygen atoms in total. The van der Waals surface area contributed by atoms with E-state index < -0.39 is 0 Å². The van der Waals surface area contributed by atoms with Gasteiger partial charge in [0, 0.05) is 18.9 Å². The van der Waals surface area contributed by atoms with Crippen LogP contribution in [0.2, 0.25) is 0 Å². The Hall–Kier alpha value is -1.17. The van der Waals surface area contributed by atoms with E-state index in [9.17, 15) is 0 Å². The van der Waals surface area contributed by atoms with Gasteiger partial charge in [-0.2, -0.15) is 0 Å². The number of nitrogens with zero attached hydrogens (tertiary/aromatic N) is 1. The number of anilines is 1. The van der Waals surface area contributed by atoms with Crippen molar-refractivity contribution in [1.29, 1.82) is 0 Å². The van der Waals surface area contributed by atoms with Crippen molar-refractivity contribution < 1.29 is 4.74 Å². The largest absolute Gasteiger partial charge is 0.383 e. The van der Waals surface area contributed by atoms with Crippen molar-refractivity contribution in [2.75, 3.05) is 12.8 Å². The molecule has 0 aromatic carbocycles. The molecule has 1 aromatic heterocycles. The molecule has 5 N–H and O–H groups in total.